The van der Waals surface area contributed by atoms with Crippen LogP contribution in [0.2, 0.25) is 0 Å². The van der Waals surface area contributed by atoms with Crippen molar-refractivity contribution >= 4 is 27.6 Å². The summed E-state index contributed by atoms with van der Waals surface area (Å²) < 4.78 is 13.6. The van der Waals surface area contributed by atoms with Crippen molar-refractivity contribution in [3.63, 3.8) is 0 Å². The van der Waals surface area contributed by atoms with E-state index in [2.05, 4.69) is 17.2 Å². The van der Waals surface area contributed by atoms with E-state index in [-0.39, 0.29) is 12.7 Å². The molecule has 1 amide bonds. The van der Waals surface area contributed by atoms with Crippen molar-refractivity contribution < 1.29 is 14.3 Å². The lowest BCUT2D eigenvalue weighted by Gasteiger charge is -2.26. The number of amides is 1. The van der Waals surface area contributed by atoms with Crippen LogP contribution in [0.3, 0.4) is 0 Å². The number of nitrogens with zero attached hydrogens (tertiary/aromatic N) is 6. The molecule has 49 heavy (non-hydrogen) atoms. The summed E-state index contributed by atoms with van der Waals surface area (Å²) in [5, 5.41) is 9.70. The van der Waals surface area contributed by atoms with E-state index >= 15 is 0 Å². The van der Waals surface area contributed by atoms with Crippen molar-refractivity contribution in [2.24, 2.45) is 0 Å². The molecule has 0 spiro atoms. The summed E-state index contributed by atoms with van der Waals surface area (Å²) in [7, 11) is 0. The molecule has 4 aromatic rings. The lowest BCUT2D eigenvalue weighted by Crippen LogP contribution is -2.35. The normalized spacial score (nSPS) is 12.8. The number of fused-ring (bicyclic) bond motifs is 3. The van der Waals surface area contributed by atoms with Crippen LogP contribution in [-0.4, -0.2) is 49.1 Å². The molecule has 0 fully saturated rings. The molecule has 3 aromatic heterocycles. The first-order valence-electron chi connectivity index (χ1n) is 19.0. The fourth-order valence-corrected chi connectivity index (χ4v) is 7.86. The quantitative estimate of drug-likeness (QED) is 0.0758. The largest absolute Gasteiger partial charge is 0.470 e. The number of carbonyl (C=O) groups excluding carboxylic acids is 1. The number of thiophene rings is 1. The van der Waals surface area contributed by atoms with Crippen molar-refractivity contribution in [2.75, 3.05) is 13.2 Å². The van der Waals surface area contributed by atoms with E-state index in [1.807, 2.05) is 48.1 Å². The number of aromatic nitrogens is 5. The molecule has 0 aliphatic carbocycles. The van der Waals surface area contributed by atoms with Gasteiger partial charge >= 0.3 is 6.09 Å². The maximum Gasteiger partial charge on any atom is 0.410 e. The molecular formula is C39H56N6O3S. The minimum Gasteiger partial charge on any atom is -0.470 e. The van der Waals surface area contributed by atoms with Crippen LogP contribution in [0, 0.1) is 0 Å². The van der Waals surface area contributed by atoms with Gasteiger partial charge in [-0.3, -0.25) is 4.68 Å². The second-order valence-corrected chi connectivity index (χ2v) is 14.4. The van der Waals surface area contributed by atoms with Crippen LogP contribution in [-0.2, 0) is 30.9 Å². The zero-order chi connectivity index (χ0) is 34.1. The second kappa shape index (κ2) is 20.2. The van der Waals surface area contributed by atoms with E-state index in [1.54, 1.807) is 16.2 Å². The number of hydrogen-bond donors (Lipinski definition) is 0. The van der Waals surface area contributed by atoms with Gasteiger partial charge in [-0.1, -0.05) is 139 Å². The van der Waals surface area contributed by atoms with E-state index < -0.39 is 0 Å². The number of rotatable bonds is 22. The van der Waals surface area contributed by atoms with Crippen LogP contribution >= 0.6 is 11.3 Å². The topological polar surface area (TPSA) is 95.3 Å². The Bertz CT molecular complexity index is 1560. The van der Waals surface area contributed by atoms with Crippen LogP contribution in [0.4, 0.5) is 4.79 Å². The highest BCUT2D eigenvalue weighted by Crippen LogP contribution is 2.40. The lowest BCUT2D eigenvalue weighted by atomic mass is 10.0. The molecule has 0 atom stereocenters. The maximum atomic E-state index is 12.4. The molecule has 10 heteroatoms. The van der Waals surface area contributed by atoms with Crippen LogP contribution < -0.4 is 4.74 Å². The Morgan fingerprint density at radius 2 is 1.49 bits per heavy atom. The predicted molar refractivity (Wildman–Crippen MR) is 198 cm³/mol. The van der Waals surface area contributed by atoms with Crippen molar-refractivity contribution in [3.8, 4) is 17.3 Å². The summed E-state index contributed by atoms with van der Waals surface area (Å²) in [6, 6.07) is 9.96. The molecule has 0 saturated carbocycles. The Hall–Kier alpha value is -3.53. The van der Waals surface area contributed by atoms with Crippen molar-refractivity contribution in [1.29, 1.82) is 0 Å². The van der Waals surface area contributed by atoms with Gasteiger partial charge in [0.25, 0.3) is 0 Å². The number of benzene rings is 1. The molecule has 0 radical (unpaired) electrons. The summed E-state index contributed by atoms with van der Waals surface area (Å²) in [6.07, 6.45) is 24.2. The molecule has 5 rings (SSSR count). The van der Waals surface area contributed by atoms with Gasteiger partial charge in [-0.05, 0) is 25.3 Å². The van der Waals surface area contributed by atoms with Crippen molar-refractivity contribution in [2.45, 2.75) is 143 Å². The molecule has 266 valence electrons. The third-order valence-corrected chi connectivity index (χ3v) is 10.5. The highest BCUT2D eigenvalue weighted by molar-refractivity contribution is 7.18. The molecule has 1 aromatic carbocycles. The third kappa shape index (κ3) is 11.2. The minimum absolute atomic E-state index is 0.277. The SMILES string of the molecule is CCCCCCCCCCCCCCCCCCn1cc(COc2nc(-c3ccccc3)nc3sc4c(c23)CCN(C(=O)OCC)C4)nn1. The molecule has 9 nitrogen and oxygen atoms in total. The number of aryl methyl sites for hydroxylation is 1. The fraction of sp³-hybridized carbons (Fsp3) is 0.615. The summed E-state index contributed by atoms with van der Waals surface area (Å²) in [5.41, 5.74) is 2.86. The van der Waals surface area contributed by atoms with Gasteiger partial charge in [0.05, 0.1) is 24.7 Å². The zero-order valence-corrected chi connectivity index (χ0v) is 30.7. The van der Waals surface area contributed by atoms with Gasteiger partial charge in [-0.15, -0.1) is 16.4 Å². The highest BCUT2D eigenvalue weighted by Gasteiger charge is 2.28. The molecule has 0 unspecified atom stereocenters. The average Bonchev–Trinajstić information content (AvgIpc) is 3.74. The van der Waals surface area contributed by atoms with Gasteiger partial charge in [0.2, 0.25) is 5.88 Å². The van der Waals surface area contributed by atoms with E-state index in [1.165, 1.54) is 96.3 Å². The minimum atomic E-state index is -0.277. The van der Waals surface area contributed by atoms with Crippen LogP contribution in [0.25, 0.3) is 21.6 Å². The molecular weight excluding hydrogens is 633 g/mol. The van der Waals surface area contributed by atoms with Gasteiger partial charge in [0.15, 0.2) is 5.82 Å². The van der Waals surface area contributed by atoms with Crippen LogP contribution in [0.1, 0.15) is 133 Å². The summed E-state index contributed by atoms with van der Waals surface area (Å²) >= 11 is 1.60. The number of hydrogen-bond acceptors (Lipinski definition) is 8. The number of carbonyl (C=O) groups is 1. The standard InChI is InChI=1S/C39H56N6O3S/c1-3-5-6-7-8-9-10-11-12-13-14-15-16-17-18-22-26-45-28-32(42-43-45)30-48-37-35-33-25-27-44(39(46)47-4-2)29-34(33)49-38(35)41-36(40-37)31-23-20-19-21-24-31/h19-21,23-24,28H,3-18,22,25-27,29-30H2,1-2H3. The maximum absolute atomic E-state index is 12.4. The van der Waals surface area contributed by atoms with E-state index in [0.717, 1.165) is 44.9 Å². The number of ether oxygens (including phenoxy) is 2. The first kappa shape index (κ1) is 36.7. The predicted octanol–water partition coefficient (Wildman–Crippen LogP) is 10.3. The molecule has 1 aliphatic heterocycles. The Labute approximate surface area is 296 Å². The monoisotopic (exact) mass is 688 g/mol. The summed E-state index contributed by atoms with van der Waals surface area (Å²) in [5.74, 6) is 1.18. The Balaban J connectivity index is 1.06. The zero-order valence-electron chi connectivity index (χ0n) is 29.8. The van der Waals surface area contributed by atoms with E-state index in [9.17, 15) is 4.79 Å². The fourth-order valence-electron chi connectivity index (χ4n) is 6.63. The molecule has 0 bridgehead atoms. The second-order valence-electron chi connectivity index (χ2n) is 13.3. The highest BCUT2D eigenvalue weighted by atomic mass is 32.1. The average molecular weight is 689 g/mol. The van der Waals surface area contributed by atoms with E-state index in [4.69, 9.17) is 19.4 Å². The molecule has 4 heterocycles. The Morgan fingerprint density at radius 1 is 0.837 bits per heavy atom. The third-order valence-electron chi connectivity index (χ3n) is 9.41. The van der Waals surface area contributed by atoms with Crippen molar-refractivity contribution in [3.05, 3.63) is 52.7 Å². The van der Waals surface area contributed by atoms with Crippen LogP contribution in [0.5, 0.6) is 5.88 Å². The summed E-state index contributed by atoms with van der Waals surface area (Å²) in [4.78, 5) is 26.0. The Kier molecular flexibility index (Phi) is 15.2. The molecule has 1 aliphatic rings. The van der Waals surface area contributed by atoms with Gasteiger partial charge < -0.3 is 14.4 Å². The van der Waals surface area contributed by atoms with Gasteiger partial charge in [0, 0.05) is 23.5 Å². The smallest absolute Gasteiger partial charge is 0.410 e. The van der Waals surface area contributed by atoms with Gasteiger partial charge in [-0.2, -0.15) is 4.98 Å². The molecule has 0 saturated heterocycles. The Morgan fingerprint density at radius 3 is 2.14 bits per heavy atom. The number of unbranched alkanes of at least 4 members (excludes halogenated alkanes) is 15. The van der Waals surface area contributed by atoms with Crippen LogP contribution in [0.15, 0.2) is 36.5 Å². The van der Waals surface area contributed by atoms with Gasteiger partial charge in [-0.25, -0.2) is 9.78 Å². The molecule has 0 N–H and O–H groups in total. The van der Waals surface area contributed by atoms with Crippen molar-refractivity contribution in [1.82, 2.24) is 29.9 Å². The van der Waals surface area contributed by atoms with Gasteiger partial charge in [0.1, 0.15) is 17.1 Å². The first-order valence-corrected chi connectivity index (χ1v) is 19.8. The lowest BCUT2D eigenvalue weighted by molar-refractivity contribution is 0.103. The summed E-state index contributed by atoms with van der Waals surface area (Å²) in [6.45, 7) is 6.72. The van der Waals surface area contributed by atoms with E-state index in [0.29, 0.717) is 37.8 Å². The first-order chi connectivity index (χ1) is 24.2.